The van der Waals surface area contributed by atoms with Crippen LogP contribution in [0, 0.1) is 0 Å². The van der Waals surface area contributed by atoms with Crippen molar-refractivity contribution in [3.8, 4) is 0 Å². The highest BCUT2D eigenvalue weighted by Crippen LogP contribution is 2.29. The number of ketones is 1. The van der Waals surface area contributed by atoms with Gasteiger partial charge in [0.2, 0.25) is 5.91 Å². The molecular weight excluding hydrogens is 315 g/mol. The third kappa shape index (κ3) is 3.25. The number of carbonyl (C=O) groups is 3. The number of cyclic esters (lactones) is 1. The summed E-state index contributed by atoms with van der Waals surface area (Å²) in [6, 6.07) is 5.08. The van der Waals surface area contributed by atoms with Gasteiger partial charge in [-0.1, -0.05) is 6.07 Å². The molecule has 1 saturated heterocycles. The lowest BCUT2D eigenvalue weighted by Crippen LogP contribution is -2.33. The Morgan fingerprint density at radius 2 is 2.21 bits per heavy atom. The van der Waals surface area contributed by atoms with Crippen LogP contribution in [0.4, 0.5) is 14.9 Å². The molecule has 1 aromatic carbocycles. The fraction of sp³-hybridized carbons (Fsp3) is 0.471. The molecule has 1 fully saturated rings. The molecule has 2 aliphatic rings. The number of rotatable bonds is 3. The van der Waals surface area contributed by atoms with Crippen LogP contribution in [0.15, 0.2) is 18.2 Å². The fourth-order valence-corrected chi connectivity index (χ4v) is 3.05. The Hall–Kier alpha value is -2.44. The van der Waals surface area contributed by atoms with E-state index >= 15 is 0 Å². The molecular formula is C17H19FN2O4. The van der Waals surface area contributed by atoms with Crippen LogP contribution in [0.1, 0.15) is 35.7 Å². The van der Waals surface area contributed by atoms with E-state index in [0.717, 1.165) is 5.56 Å². The Morgan fingerprint density at radius 1 is 1.42 bits per heavy atom. The largest absolute Gasteiger partial charge is 0.442 e. The topological polar surface area (TPSA) is 75.7 Å². The number of amides is 2. The van der Waals surface area contributed by atoms with Crippen molar-refractivity contribution in [2.24, 2.45) is 0 Å². The molecule has 0 radical (unpaired) electrons. The van der Waals surface area contributed by atoms with Crippen LogP contribution < -0.4 is 10.2 Å². The average molecular weight is 334 g/mol. The molecule has 2 atom stereocenters. The molecule has 1 heterocycles. The van der Waals surface area contributed by atoms with Crippen molar-refractivity contribution in [1.29, 1.82) is 0 Å². The van der Waals surface area contributed by atoms with Crippen molar-refractivity contribution in [3.05, 3.63) is 29.3 Å². The number of alkyl halides is 1. The normalized spacial score (nSPS) is 23.5. The Kier molecular flexibility index (Phi) is 4.51. The van der Waals surface area contributed by atoms with Gasteiger partial charge in [0.25, 0.3) is 0 Å². The van der Waals surface area contributed by atoms with Crippen LogP contribution in [0.3, 0.4) is 0 Å². The number of halogens is 1. The van der Waals surface area contributed by atoms with Gasteiger partial charge in [0.15, 0.2) is 12.0 Å². The minimum Gasteiger partial charge on any atom is -0.442 e. The molecule has 1 N–H and O–H groups in total. The second-order valence-corrected chi connectivity index (χ2v) is 6.12. The Labute approximate surface area is 139 Å². The molecule has 6 nitrogen and oxygen atoms in total. The Morgan fingerprint density at radius 3 is 2.96 bits per heavy atom. The molecule has 2 amide bonds. The molecule has 128 valence electrons. The maximum Gasteiger partial charge on any atom is 0.414 e. The minimum atomic E-state index is -1.49. The third-order valence-electron chi connectivity index (χ3n) is 4.31. The summed E-state index contributed by atoms with van der Waals surface area (Å²) in [7, 11) is 0. The number of carbonyl (C=O) groups excluding carboxylic acids is 3. The summed E-state index contributed by atoms with van der Waals surface area (Å²) in [6.45, 7) is 1.89. The van der Waals surface area contributed by atoms with Crippen LogP contribution >= 0.6 is 0 Å². The second-order valence-electron chi connectivity index (χ2n) is 6.12. The first-order valence-corrected chi connectivity index (χ1v) is 7.99. The standard InChI is InChI=1S/C17H19FN2O4/c1-10(21)19-8-13-9-20(17(23)24-13)12-6-5-11-3-2-4-15(18)16(22)14(11)7-12/h5-7,13,15H,2-4,8-9H2,1H3,(H,19,21)/t13-,15?/m0/s1. The number of anilines is 1. The number of nitrogens with one attached hydrogen (secondary N) is 1. The second kappa shape index (κ2) is 6.59. The molecule has 3 rings (SSSR count). The van der Waals surface area contributed by atoms with Gasteiger partial charge in [-0.3, -0.25) is 14.5 Å². The van der Waals surface area contributed by atoms with E-state index in [1.807, 2.05) is 0 Å². The van der Waals surface area contributed by atoms with Crippen LogP contribution in [0.5, 0.6) is 0 Å². The molecule has 1 unspecified atom stereocenters. The Bertz CT molecular complexity index is 691. The third-order valence-corrected chi connectivity index (χ3v) is 4.31. The zero-order valence-electron chi connectivity index (χ0n) is 13.4. The van der Waals surface area contributed by atoms with Crippen molar-refractivity contribution in [3.63, 3.8) is 0 Å². The number of ether oxygens (including phenoxy) is 1. The van der Waals surface area contributed by atoms with E-state index in [2.05, 4.69) is 5.32 Å². The van der Waals surface area contributed by atoms with Gasteiger partial charge in [-0.05, 0) is 37.0 Å². The van der Waals surface area contributed by atoms with Crippen molar-refractivity contribution in [1.82, 2.24) is 5.32 Å². The quantitative estimate of drug-likeness (QED) is 0.858. The summed E-state index contributed by atoms with van der Waals surface area (Å²) in [5.74, 6) is -0.721. The molecule has 24 heavy (non-hydrogen) atoms. The summed E-state index contributed by atoms with van der Waals surface area (Å²) in [5.41, 5.74) is 1.66. The van der Waals surface area contributed by atoms with E-state index in [1.165, 1.54) is 11.8 Å². The number of nitrogens with zero attached hydrogens (tertiary/aromatic N) is 1. The first kappa shape index (κ1) is 16.4. The zero-order valence-corrected chi connectivity index (χ0v) is 13.4. The van der Waals surface area contributed by atoms with Crippen molar-refractivity contribution >= 4 is 23.5 Å². The van der Waals surface area contributed by atoms with E-state index in [1.54, 1.807) is 18.2 Å². The maximum absolute atomic E-state index is 13.8. The molecule has 0 spiro atoms. The van der Waals surface area contributed by atoms with Crippen LogP contribution in [-0.2, 0) is 16.0 Å². The predicted molar refractivity (Wildman–Crippen MR) is 84.9 cm³/mol. The molecule has 1 aliphatic heterocycles. The molecule has 0 saturated carbocycles. The number of aryl methyl sites for hydroxylation is 1. The van der Waals surface area contributed by atoms with Gasteiger partial charge in [0.05, 0.1) is 13.1 Å². The van der Waals surface area contributed by atoms with Crippen molar-refractivity contribution in [2.45, 2.75) is 38.5 Å². The van der Waals surface area contributed by atoms with E-state index in [4.69, 9.17) is 4.74 Å². The lowest BCUT2D eigenvalue weighted by atomic mass is 10.0. The average Bonchev–Trinajstić information content (AvgIpc) is 2.86. The SMILES string of the molecule is CC(=O)NC[C@H]1CN(c2ccc3c(c2)C(=O)C(F)CCC3)C(=O)O1. The van der Waals surface area contributed by atoms with Gasteiger partial charge in [-0.25, -0.2) is 9.18 Å². The molecule has 0 bridgehead atoms. The molecule has 0 aromatic heterocycles. The number of Topliss-reactive ketones (excluding diaryl/α,β-unsaturated/α-hetero) is 1. The monoisotopic (exact) mass is 334 g/mol. The first-order valence-electron chi connectivity index (χ1n) is 7.99. The van der Waals surface area contributed by atoms with E-state index in [9.17, 15) is 18.8 Å². The van der Waals surface area contributed by atoms with Crippen molar-refractivity contribution < 1.29 is 23.5 Å². The summed E-state index contributed by atoms with van der Waals surface area (Å²) < 4.78 is 19.1. The number of hydrogen-bond donors (Lipinski definition) is 1. The van der Waals surface area contributed by atoms with Gasteiger partial charge >= 0.3 is 6.09 Å². The number of fused-ring (bicyclic) bond motifs is 1. The first-order chi connectivity index (χ1) is 11.5. The van der Waals surface area contributed by atoms with E-state index in [0.29, 0.717) is 24.1 Å². The van der Waals surface area contributed by atoms with Gasteiger partial charge in [0.1, 0.15) is 6.10 Å². The highest BCUT2D eigenvalue weighted by Gasteiger charge is 2.33. The lowest BCUT2D eigenvalue weighted by Gasteiger charge is -2.16. The maximum atomic E-state index is 13.8. The fourth-order valence-electron chi connectivity index (χ4n) is 3.05. The highest BCUT2D eigenvalue weighted by molar-refractivity contribution is 6.02. The summed E-state index contributed by atoms with van der Waals surface area (Å²) >= 11 is 0. The van der Waals surface area contributed by atoms with Gasteiger partial charge in [0, 0.05) is 18.2 Å². The lowest BCUT2D eigenvalue weighted by molar-refractivity contribution is -0.119. The number of benzene rings is 1. The summed E-state index contributed by atoms with van der Waals surface area (Å²) in [4.78, 5) is 36.6. The smallest absolute Gasteiger partial charge is 0.414 e. The van der Waals surface area contributed by atoms with Crippen LogP contribution in [-0.4, -0.2) is 43.1 Å². The molecule has 1 aliphatic carbocycles. The van der Waals surface area contributed by atoms with E-state index in [-0.39, 0.29) is 25.4 Å². The van der Waals surface area contributed by atoms with Crippen molar-refractivity contribution in [2.75, 3.05) is 18.0 Å². The van der Waals surface area contributed by atoms with Crippen LogP contribution in [0.25, 0.3) is 0 Å². The number of hydrogen-bond acceptors (Lipinski definition) is 4. The zero-order chi connectivity index (χ0) is 17.3. The van der Waals surface area contributed by atoms with Gasteiger partial charge in [-0.15, -0.1) is 0 Å². The molecule has 1 aromatic rings. The van der Waals surface area contributed by atoms with E-state index < -0.39 is 24.2 Å². The molecule has 7 heteroatoms. The minimum absolute atomic E-state index is 0.200. The Balaban J connectivity index is 1.80. The summed E-state index contributed by atoms with van der Waals surface area (Å²) in [5, 5.41) is 2.60. The van der Waals surface area contributed by atoms with Crippen LogP contribution in [0.2, 0.25) is 0 Å². The van der Waals surface area contributed by atoms with Gasteiger partial charge in [-0.2, -0.15) is 0 Å². The highest BCUT2D eigenvalue weighted by atomic mass is 19.1. The van der Waals surface area contributed by atoms with Gasteiger partial charge < -0.3 is 10.1 Å². The summed E-state index contributed by atoms with van der Waals surface area (Å²) in [6.07, 6.45) is -0.971. The predicted octanol–water partition coefficient (Wildman–Crippen LogP) is 2.00.